The lowest BCUT2D eigenvalue weighted by Crippen LogP contribution is -2.32. The van der Waals surface area contributed by atoms with Gasteiger partial charge in [-0.15, -0.1) is 0 Å². The van der Waals surface area contributed by atoms with Crippen molar-refractivity contribution in [3.05, 3.63) is 58.1 Å². The zero-order valence-electron chi connectivity index (χ0n) is 13.5. The Morgan fingerprint density at radius 1 is 0.923 bits per heavy atom. The highest BCUT2D eigenvalue weighted by Gasteiger charge is 2.12. The van der Waals surface area contributed by atoms with Crippen LogP contribution in [0.1, 0.15) is 12.5 Å². The highest BCUT2D eigenvalue weighted by Crippen LogP contribution is 2.19. The summed E-state index contributed by atoms with van der Waals surface area (Å²) in [5.41, 5.74) is 3.60. The van der Waals surface area contributed by atoms with E-state index in [-0.39, 0.29) is 5.91 Å². The van der Waals surface area contributed by atoms with E-state index in [4.69, 9.17) is 23.2 Å². The Labute approximate surface area is 159 Å². The van der Waals surface area contributed by atoms with E-state index >= 15 is 0 Å². The lowest BCUT2D eigenvalue weighted by Gasteiger charge is -2.06. The smallest absolute Gasteiger partial charge is 0.326 e. The Bertz CT molecular complexity index is 867. The third-order valence-corrected chi connectivity index (χ3v) is 3.56. The first-order valence-electron chi connectivity index (χ1n) is 7.32. The number of amides is 3. The second kappa shape index (κ2) is 8.98. The van der Waals surface area contributed by atoms with E-state index in [9.17, 15) is 14.4 Å². The molecule has 26 heavy (non-hydrogen) atoms. The molecule has 7 nitrogen and oxygen atoms in total. The topological polar surface area (TPSA) is 99.7 Å². The standard InChI is InChI=1S/C17H14Cl2N4O3/c1-10(24)21-13-4-6-14(7-5-13)22-16(25)17(26)23-20-9-11-2-3-12(18)8-15(11)19/h2-9H,1H3,(H,21,24)(H,22,25)(H,23,26). The number of nitrogens with one attached hydrogen (secondary N) is 3. The maximum atomic E-state index is 11.8. The lowest BCUT2D eigenvalue weighted by molar-refractivity contribution is -0.136. The zero-order valence-corrected chi connectivity index (χ0v) is 15.1. The molecule has 0 radical (unpaired) electrons. The molecule has 0 aliphatic rings. The Hall–Kier alpha value is -2.90. The summed E-state index contributed by atoms with van der Waals surface area (Å²) in [6.45, 7) is 1.39. The summed E-state index contributed by atoms with van der Waals surface area (Å²) in [7, 11) is 0. The fraction of sp³-hybridized carbons (Fsp3) is 0.0588. The van der Waals surface area contributed by atoms with Gasteiger partial charge in [0.25, 0.3) is 0 Å². The van der Waals surface area contributed by atoms with Gasteiger partial charge >= 0.3 is 11.8 Å². The molecule has 9 heteroatoms. The van der Waals surface area contributed by atoms with Gasteiger partial charge in [0.1, 0.15) is 0 Å². The summed E-state index contributed by atoms with van der Waals surface area (Å²) in [5.74, 6) is -2.05. The first kappa shape index (κ1) is 19.4. The number of rotatable bonds is 4. The molecule has 0 unspecified atom stereocenters. The molecule has 0 aliphatic heterocycles. The molecule has 3 N–H and O–H groups in total. The monoisotopic (exact) mass is 392 g/mol. The van der Waals surface area contributed by atoms with Crippen molar-refractivity contribution < 1.29 is 14.4 Å². The molecule has 2 aromatic rings. The summed E-state index contributed by atoms with van der Waals surface area (Å²) in [4.78, 5) is 34.5. The third-order valence-electron chi connectivity index (χ3n) is 3.00. The molecule has 2 rings (SSSR count). The van der Waals surface area contributed by atoms with Gasteiger partial charge in [-0.25, -0.2) is 5.43 Å². The number of hydrogen-bond donors (Lipinski definition) is 3. The van der Waals surface area contributed by atoms with Crippen LogP contribution in [0.2, 0.25) is 10.0 Å². The van der Waals surface area contributed by atoms with Crippen LogP contribution < -0.4 is 16.1 Å². The third kappa shape index (κ3) is 5.87. The van der Waals surface area contributed by atoms with E-state index in [0.29, 0.717) is 27.0 Å². The van der Waals surface area contributed by atoms with E-state index in [1.54, 1.807) is 36.4 Å². The molecular weight excluding hydrogens is 379 g/mol. The minimum absolute atomic E-state index is 0.209. The van der Waals surface area contributed by atoms with Gasteiger partial charge in [-0.1, -0.05) is 29.3 Å². The predicted octanol–water partition coefficient (Wildman–Crippen LogP) is 3.04. The van der Waals surface area contributed by atoms with Crippen molar-refractivity contribution in [1.82, 2.24) is 5.43 Å². The van der Waals surface area contributed by atoms with Crippen molar-refractivity contribution >= 4 is 58.5 Å². The fourth-order valence-corrected chi connectivity index (χ4v) is 2.30. The number of carbonyl (C=O) groups excluding carboxylic acids is 3. The van der Waals surface area contributed by atoms with Crippen LogP contribution in [0.15, 0.2) is 47.6 Å². The summed E-state index contributed by atoms with van der Waals surface area (Å²) >= 11 is 11.7. The molecule has 0 fully saturated rings. The van der Waals surface area contributed by atoms with Crippen LogP contribution in [-0.4, -0.2) is 23.9 Å². The normalized spacial score (nSPS) is 10.4. The average Bonchev–Trinajstić information content (AvgIpc) is 2.58. The molecule has 0 aromatic heterocycles. The van der Waals surface area contributed by atoms with E-state index < -0.39 is 11.8 Å². The summed E-state index contributed by atoms with van der Waals surface area (Å²) < 4.78 is 0. The zero-order chi connectivity index (χ0) is 19.1. The van der Waals surface area contributed by atoms with Crippen molar-refractivity contribution in [2.45, 2.75) is 6.92 Å². The number of anilines is 2. The fourth-order valence-electron chi connectivity index (χ4n) is 1.85. The van der Waals surface area contributed by atoms with E-state index in [1.165, 1.54) is 19.2 Å². The first-order chi connectivity index (χ1) is 12.3. The SMILES string of the molecule is CC(=O)Nc1ccc(NC(=O)C(=O)NN=Cc2ccc(Cl)cc2Cl)cc1. The Kier molecular flexibility index (Phi) is 6.71. The lowest BCUT2D eigenvalue weighted by atomic mass is 10.2. The van der Waals surface area contributed by atoms with E-state index in [1.807, 2.05) is 0 Å². The quantitative estimate of drug-likeness (QED) is 0.423. The average molecular weight is 393 g/mol. The van der Waals surface area contributed by atoms with Gasteiger partial charge in [0.15, 0.2) is 0 Å². The number of halogens is 2. The molecule has 0 saturated heterocycles. The number of hydrazone groups is 1. The van der Waals surface area contributed by atoms with Crippen LogP contribution in [0.5, 0.6) is 0 Å². The molecule has 0 aliphatic carbocycles. The van der Waals surface area contributed by atoms with Crippen LogP contribution in [0.25, 0.3) is 0 Å². The molecule has 0 bridgehead atoms. The van der Waals surface area contributed by atoms with Gasteiger partial charge in [-0.3, -0.25) is 14.4 Å². The van der Waals surface area contributed by atoms with Crippen LogP contribution in [0.3, 0.4) is 0 Å². The van der Waals surface area contributed by atoms with Gasteiger partial charge in [-0.05, 0) is 36.4 Å². The second-order valence-electron chi connectivity index (χ2n) is 5.08. The molecule has 0 spiro atoms. The van der Waals surface area contributed by atoms with Crippen molar-refractivity contribution in [2.24, 2.45) is 5.10 Å². The summed E-state index contributed by atoms with van der Waals surface area (Å²) in [5, 5.41) is 9.51. The second-order valence-corrected chi connectivity index (χ2v) is 5.92. The van der Waals surface area contributed by atoms with Crippen molar-refractivity contribution in [2.75, 3.05) is 10.6 Å². The maximum absolute atomic E-state index is 11.8. The van der Waals surface area contributed by atoms with Crippen LogP contribution in [0.4, 0.5) is 11.4 Å². The van der Waals surface area contributed by atoms with Gasteiger partial charge in [0.05, 0.1) is 11.2 Å². The van der Waals surface area contributed by atoms with Crippen molar-refractivity contribution in [1.29, 1.82) is 0 Å². The van der Waals surface area contributed by atoms with E-state index in [0.717, 1.165) is 0 Å². The Morgan fingerprint density at radius 2 is 1.54 bits per heavy atom. The summed E-state index contributed by atoms with van der Waals surface area (Å²) in [6, 6.07) is 11.1. The van der Waals surface area contributed by atoms with Crippen molar-refractivity contribution in [3.63, 3.8) is 0 Å². The van der Waals surface area contributed by atoms with Crippen LogP contribution in [-0.2, 0) is 14.4 Å². The number of nitrogens with zero attached hydrogens (tertiary/aromatic N) is 1. The largest absolute Gasteiger partial charge is 0.329 e. The van der Waals surface area contributed by atoms with Gasteiger partial charge in [0, 0.05) is 28.9 Å². The number of benzene rings is 2. The maximum Gasteiger partial charge on any atom is 0.329 e. The van der Waals surface area contributed by atoms with Crippen LogP contribution >= 0.6 is 23.2 Å². The molecule has 0 saturated carbocycles. The molecule has 0 heterocycles. The molecule has 134 valence electrons. The highest BCUT2D eigenvalue weighted by molar-refractivity contribution is 6.39. The number of carbonyl (C=O) groups is 3. The first-order valence-corrected chi connectivity index (χ1v) is 8.08. The molecule has 2 aromatic carbocycles. The predicted molar refractivity (Wildman–Crippen MR) is 102 cm³/mol. The van der Waals surface area contributed by atoms with Gasteiger partial charge in [-0.2, -0.15) is 5.10 Å². The molecule has 0 atom stereocenters. The highest BCUT2D eigenvalue weighted by atomic mass is 35.5. The molecule has 3 amide bonds. The minimum Gasteiger partial charge on any atom is -0.326 e. The number of hydrogen-bond acceptors (Lipinski definition) is 4. The van der Waals surface area contributed by atoms with Crippen LogP contribution in [0, 0.1) is 0 Å². The Balaban J connectivity index is 1.90. The van der Waals surface area contributed by atoms with E-state index in [2.05, 4.69) is 21.2 Å². The summed E-state index contributed by atoms with van der Waals surface area (Å²) in [6.07, 6.45) is 1.30. The Morgan fingerprint density at radius 3 is 2.12 bits per heavy atom. The van der Waals surface area contributed by atoms with Crippen molar-refractivity contribution in [3.8, 4) is 0 Å². The van der Waals surface area contributed by atoms with Gasteiger partial charge < -0.3 is 10.6 Å². The minimum atomic E-state index is -0.947. The van der Waals surface area contributed by atoms with Gasteiger partial charge in [0.2, 0.25) is 5.91 Å². The molecular formula is C17H14Cl2N4O3.